The highest BCUT2D eigenvalue weighted by atomic mass is 16.4. The summed E-state index contributed by atoms with van der Waals surface area (Å²) < 4.78 is 0. The van der Waals surface area contributed by atoms with Gasteiger partial charge in [-0.05, 0) is 137 Å². The fourth-order valence-electron chi connectivity index (χ4n) is 9.77. The van der Waals surface area contributed by atoms with Crippen molar-refractivity contribution in [3.8, 4) is 0 Å². The van der Waals surface area contributed by atoms with E-state index < -0.39 is 11.6 Å². The Bertz CT molecular complexity index is 666. The molecule has 3 heteroatoms. The van der Waals surface area contributed by atoms with E-state index in [1.807, 2.05) is 13.8 Å². The van der Waals surface area contributed by atoms with Crippen LogP contribution < -0.4 is 0 Å². The summed E-state index contributed by atoms with van der Waals surface area (Å²) in [5.41, 5.74) is 0.409. The number of fused-ring (bicyclic) bond motifs is 5. The van der Waals surface area contributed by atoms with E-state index in [0.29, 0.717) is 35.0 Å². The number of carbonyl (C=O) groups is 1. The van der Waals surface area contributed by atoms with Crippen LogP contribution in [0.2, 0.25) is 0 Å². The quantitative estimate of drug-likeness (QED) is 0.479. The molecule has 0 aromatic carbocycles. The van der Waals surface area contributed by atoms with Crippen LogP contribution in [0.15, 0.2) is 0 Å². The van der Waals surface area contributed by atoms with Gasteiger partial charge in [-0.25, -0.2) is 0 Å². The third kappa shape index (κ3) is 4.34. The minimum atomic E-state index is -0.637. The summed E-state index contributed by atoms with van der Waals surface area (Å²) >= 11 is 0. The van der Waals surface area contributed by atoms with E-state index >= 15 is 0 Å². The summed E-state index contributed by atoms with van der Waals surface area (Å²) in [5.74, 6) is 4.80. The van der Waals surface area contributed by atoms with E-state index in [0.717, 1.165) is 36.5 Å². The van der Waals surface area contributed by atoms with Crippen molar-refractivity contribution in [2.75, 3.05) is 0 Å². The fourth-order valence-corrected chi connectivity index (χ4v) is 9.77. The average molecular weight is 433 g/mol. The first-order valence-electron chi connectivity index (χ1n) is 13.4. The Morgan fingerprint density at radius 2 is 1.68 bits per heavy atom. The Labute approximate surface area is 190 Å². The van der Waals surface area contributed by atoms with Crippen molar-refractivity contribution in [2.45, 2.75) is 117 Å². The zero-order valence-corrected chi connectivity index (χ0v) is 20.8. The summed E-state index contributed by atoms with van der Waals surface area (Å²) in [5, 5.41) is 19.5. The lowest BCUT2D eigenvalue weighted by Crippen LogP contribution is -2.54. The molecule has 0 aromatic rings. The van der Waals surface area contributed by atoms with Crippen LogP contribution >= 0.6 is 0 Å². The number of carboxylic acid groups (broad SMARTS) is 1. The number of aliphatic carboxylic acids is 1. The zero-order valence-electron chi connectivity index (χ0n) is 20.8. The lowest BCUT2D eigenvalue weighted by atomic mass is 9.43. The summed E-state index contributed by atoms with van der Waals surface area (Å²) in [6, 6.07) is 0. The highest BCUT2D eigenvalue weighted by Gasteiger charge is 2.60. The first-order valence-corrected chi connectivity index (χ1v) is 13.4. The van der Waals surface area contributed by atoms with Gasteiger partial charge in [0.05, 0.1) is 5.60 Å². The van der Waals surface area contributed by atoms with Crippen molar-refractivity contribution >= 4 is 5.97 Å². The van der Waals surface area contributed by atoms with Gasteiger partial charge in [-0.2, -0.15) is 0 Å². The Morgan fingerprint density at radius 1 is 1.00 bits per heavy atom. The van der Waals surface area contributed by atoms with E-state index in [2.05, 4.69) is 20.8 Å². The topological polar surface area (TPSA) is 57.5 Å². The second-order valence-corrected chi connectivity index (χ2v) is 13.5. The van der Waals surface area contributed by atoms with Crippen LogP contribution in [0, 0.1) is 52.3 Å². The van der Waals surface area contributed by atoms with Gasteiger partial charge in [-0.15, -0.1) is 0 Å². The van der Waals surface area contributed by atoms with Crippen LogP contribution in [-0.4, -0.2) is 21.8 Å². The molecule has 4 rings (SSSR count). The molecule has 3 unspecified atom stereocenters. The standard InChI is InChI=1S/C28H48O3/c1-18(6-11-25(29)30)22-9-10-23-21-8-7-20-16-19(17-26(2,3)31)12-14-27(20,4)24(21)13-15-28(22,23)5/h18-24,31H,6-17H2,1-5H3,(H,29,30)/t18-,19-,20-,21?,22-,23?,24?,27+,28-/m1/s1. The van der Waals surface area contributed by atoms with Crippen LogP contribution in [0.25, 0.3) is 0 Å². The molecule has 4 saturated carbocycles. The molecule has 9 atom stereocenters. The highest BCUT2D eigenvalue weighted by Crippen LogP contribution is 2.68. The molecule has 4 fully saturated rings. The normalized spacial score (nSPS) is 46.0. The van der Waals surface area contributed by atoms with Gasteiger partial charge in [0.2, 0.25) is 0 Å². The van der Waals surface area contributed by atoms with Crippen molar-refractivity contribution in [2.24, 2.45) is 52.3 Å². The molecular formula is C28H48O3. The van der Waals surface area contributed by atoms with Gasteiger partial charge in [0.15, 0.2) is 0 Å². The summed E-state index contributed by atoms with van der Waals surface area (Å²) in [4.78, 5) is 11.1. The molecule has 0 aromatic heterocycles. The molecule has 0 amide bonds. The molecule has 0 bridgehead atoms. The number of rotatable bonds is 6. The van der Waals surface area contributed by atoms with Crippen LogP contribution in [0.4, 0.5) is 0 Å². The van der Waals surface area contributed by atoms with Crippen molar-refractivity contribution in [3.05, 3.63) is 0 Å². The van der Waals surface area contributed by atoms with Gasteiger partial charge >= 0.3 is 5.97 Å². The number of aliphatic hydroxyl groups is 1. The van der Waals surface area contributed by atoms with Crippen molar-refractivity contribution in [3.63, 3.8) is 0 Å². The molecule has 0 spiro atoms. The molecule has 0 radical (unpaired) electrons. The lowest BCUT2D eigenvalue weighted by Gasteiger charge is -2.61. The minimum absolute atomic E-state index is 0.329. The van der Waals surface area contributed by atoms with E-state index in [9.17, 15) is 9.90 Å². The Morgan fingerprint density at radius 3 is 2.35 bits per heavy atom. The maximum Gasteiger partial charge on any atom is 0.303 e. The summed E-state index contributed by atoms with van der Waals surface area (Å²) in [6.07, 6.45) is 14.4. The molecule has 0 heterocycles. The van der Waals surface area contributed by atoms with Crippen LogP contribution in [0.5, 0.6) is 0 Å². The molecule has 178 valence electrons. The molecule has 3 nitrogen and oxygen atoms in total. The van der Waals surface area contributed by atoms with Crippen LogP contribution in [0.1, 0.15) is 112 Å². The molecule has 4 aliphatic rings. The minimum Gasteiger partial charge on any atom is -0.481 e. The van der Waals surface area contributed by atoms with Gasteiger partial charge < -0.3 is 10.2 Å². The van der Waals surface area contributed by atoms with Crippen LogP contribution in [-0.2, 0) is 4.79 Å². The predicted octanol–water partition coefficient (Wildman–Crippen LogP) is 6.92. The fraction of sp³-hybridized carbons (Fsp3) is 0.964. The molecular weight excluding hydrogens is 384 g/mol. The monoisotopic (exact) mass is 432 g/mol. The molecule has 31 heavy (non-hydrogen) atoms. The second kappa shape index (κ2) is 8.33. The van der Waals surface area contributed by atoms with Gasteiger partial charge in [0.25, 0.3) is 0 Å². The van der Waals surface area contributed by atoms with Gasteiger partial charge in [0.1, 0.15) is 0 Å². The molecule has 4 aliphatic carbocycles. The second-order valence-electron chi connectivity index (χ2n) is 13.5. The van der Waals surface area contributed by atoms with E-state index in [4.69, 9.17) is 5.11 Å². The van der Waals surface area contributed by atoms with E-state index in [1.54, 1.807) is 0 Å². The highest BCUT2D eigenvalue weighted by molar-refractivity contribution is 5.66. The number of hydrogen-bond acceptors (Lipinski definition) is 2. The van der Waals surface area contributed by atoms with Crippen molar-refractivity contribution < 1.29 is 15.0 Å². The summed E-state index contributed by atoms with van der Waals surface area (Å²) in [7, 11) is 0. The predicted molar refractivity (Wildman–Crippen MR) is 126 cm³/mol. The largest absolute Gasteiger partial charge is 0.481 e. The lowest BCUT2D eigenvalue weighted by molar-refractivity contribution is -0.138. The SMILES string of the molecule is C[C@H](CCC(=O)O)[C@H]1CCC2C3CC[C@@H]4C[C@H](CC(C)(C)O)CC[C@]4(C)C3CC[C@@]21C. The molecule has 0 saturated heterocycles. The third-order valence-electron chi connectivity index (χ3n) is 11.1. The van der Waals surface area contributed by atoms with E-state index in [1.165, 1.54) is 57.8 Å². The van der Waals surface area contributed by atoms with Crippen molar-refractivity contribution in [1.82, 2.24) is 0 Å². The first-order chi connectivity index (χ1) is 14.4. The maximum absolute atomic E-state index is 11.1. The average Bonchev–Trinajstić information content (AvgIpc) is 3.02. The smallest absolute Gasteiger partial charge is 0.303 e. The maximum atomic E-state index is 11.1. The first kappa shape index (κ1) is 23.6. The number of hydrogen-bond donors (Lipinski definition) is 2. The van der Waals surface area contributed by atoms with Gasteiger partial charge in [0, 0.05) is 6.42 Å². The zero-order chi connectivity index (χ0) is 22.6. The Hall–Kier alpha value is -0.570. The molecule has 0 aliphatic heterocycles. The molecule has 2 N–H and O–H groups in total. The Balaban J connectivity index is 1.46. The van der Waals surface area contributed by atoms with Crippen molar-refractivity contribution in [1.29, 1.82) is 0 Å². The van der Waals surface area contributed by atoms with Gasteiger partial charge in [-0.3, -0.25) is 4.79 Å². The summed E-state index contributed by atoms with van der Waals surface area (Å²) in [6.45, 7) is 11.5. The van der Waals surface area contributed by atoms with E-state index in [-0.39, 0.29) is 0 Å². The Kier molecular flexibility index (Phi) is 6.34. The van der Waals surface area contributed by atoms with Gasteiger partial charge in [-0.1, -0.05) is 20.8 Å². The number of carboxylic acids is 1. The third-order valence-corrected chi connectivity index (χ3v) is 11.1. The van der Waals surface area contributed by atoms with Crippen LogP contribution in [0.3, 0.4) is 0 Å².